The van der Waals surface area contributed by atoms with Crippen LogP contribution in [0.25, 0.3) is 11.3 Å². The summed E-state index contributed by atoms with van der Waals surface area (Å²) < 4.78 is 10.5. The SMILES string of the molecule is COc1ccc(C(=O)Nc2c(-c3ccc(Cl)cc3)n[nH]c2C2CC2)cc1OC. The number of aromatic amines is 1. The fraction of sp³-hybridized carbons (Fsp3) is 0.238. The van der Waals surface area contributed by atoms with E-state index in [1.165, 1.54) is 0 Å². The van der Waals surface area contributed by atoms with Crippen LogP contribution < -0.4 is 14.8 Å². The average Bonchev–Trinajstić information content (AvgIpc) is 3.48. The van der Waals surface area contributed by atoms with Crippen LogP contribution in [0.4, 0.5) is 5.69 Å². The molecule has 1 aromatic heterocycles. The second kappa shape index (κ2) is 7.56. The summed E-state index contributed by atoms with van der Waals surface area (Å²) in [5.74, 6) is 1.24. The van der Waals surface area contributed by atoms with Crippen LogP contribution in [-0.4, -0.2) is 30.3 Å². The van der Waals surface area contributed by atoms with Gasteiger partial charge in [0.1, 0.15) is 5.69 Å². The van der Waals surface area contributed by atoms with Crippen molar-refractivity contribution in [2.24, 2.45) is 0 Å². The number of benzene rings is 2. The van der Waals surface area contributed by atoms with E-state index in [9.17, 15) is 4.79 Å². The van der Waals surface area contributed by atoms with Crippen LogP contribution in [0.1, 0.15) is 34.8 Å². The van der Waals surface area contributed by atoms with Gasteiger partial charge in [0.05, 0.1) is 25.6 Å². The van der Waals surface area contributed by atoms with Gasteiger partial charge in [0.15, 0.2) is 11.5 Å². The molecule has 0 bridgehead atoms. The normalized spacial score (nSPS) is 13.2. The van der Waals surface area contributed by atoms with Crippen molar-refractivity contribution in [2.75, 3.05) is 19.5 Å². The summed E-state index contributed by atoms with van der Waals surface area (Å²) in [6, 6.07) is 12.5. The minimum absolute atomic E-state index is 0.237. The number of nitrogens with one attached hydrogen (secondary N) is 2. The molecule has 0 atom stereocenters. The van der Waals surface area contributed by atoms with E-state index in [0.717, 1.165) is 24.1 Å². The highest BCUT2D eigenvalue weighted by Gasteiger charge is 2.31. The van der Waals surface area contributed by atoms with Crippen molar-refractivity contribution in [1.82, 2.24) is 10.2 Å². The molecule has 144 valence electrons. The second-order valence-corrected chi connectivity index (χ2v) is 7.10. The van der Waals surface area contributed by atoms with Crippen LogP contribution in [-0.2, 0) is 0 Å². The van der Waals surface area contributed by atoms with E-state index in [2.05, 4.69) is 15.5 Å². The summed E-state index contributed by atoms with van der Waals surface area (Å²) in [5, 5.41) is 11.2. The molecule has 0 radical (unpaired) electrons. The van der Waals surface area contributed by atoms with Crippen molar-refractivity contribution in [1.29, 1.82) is 0 Å². The smallest absolute Gasteiger partial charge is 0.255 e. The zero-order chi connectivity index (χ0) is 19.7. The topological polar surface area (TPSA) is 76.2 Å². The predicted molar refractivity (Wildman–Crippen MR) is 109 cm³/mol. The molecular formula is C21H20ClN3O3. The minimum Gasteiger partial charge on any atom is -0.493 e. The van der Waals surface area contributed by atoms with E-state index in [1.807, 2.05) is 24.3 Å². The molecule has 0 aliphatic heterocycles. The van der Waals surface area contributed by atoms with Crippen LogP contribution in [0, 0.1) is 0 Å². The van der Waals surface area contributed by atoms with Crippen molar-refractivity contribution >= 4 is 23.2 Å². The maximum atomic E-state index is 12.9. The highest BCUT2D eigenvalue weighted by atomic mass is 35.5. The van der Waals surface area contributed by atoms with E-state index < -0.39 is 0 Å². The van der Waals surface area contributed by atoms with Gasteiger partial charge < -0.3 is 14.8 Å². The van der Waals surface area contributed by atoms with Crippen molar-refractivity contribution in [3.63, 3.8) is 0 Å². The summed E-state index contributed by atoms with van der Waals surface area (Å²) in [4.78, 5) is 12.9. The lowest BCUT2D eigenvalue weighted by atomic mass is 10.1. The molecule has 4 rings (SSSR count). The third-order valence-electron chi connectivity index (χ3n) is 4.78. The van der Waals surface area contributed by atoms with Gasteiger partial charge in [-0.05, 0) is 43.2 Å². The Balaban J connectivity index is 1.68. The standard InChI is InChI=1S/C21H20ClN3O3/c1-27-16-10-7-14(11-17(16)28-2)21(26)23-20-18(12-3-4-12)24-25-19(20)13-5-8-15(22)9-6-13/h5-12H,3-4H2,1-2H3,(H,23,26)(H,24,25). The van der Waals surface area contributed by atoms with Gasteiger partial charge in [-0.2, -0.15) is 5.10 Å². The third-order valence-corrected chi connectivity index (χ3v) is 5.03. The Bertz CT molecular complexity index is 1010. The number of amides is 1. The molecule has 1 heterocycles. The Morgan fingerprint density at radius 2 is 1.82 bits per heavy atom. The van der Waals surface area contributed by atoms with Crippen molar-refractivity contribution in [3.8, 4) is 22.8 Å². The highest BCUT2D eigenvalue weighted by molar-refractivity contribution is 6.30. The predicted octanol–water partition coefficient (Wildman–Crippen LogP) is 4.88. The largest absolute Gasteiger partial charge is 0.493 e. The quantitative estimate of drug-likeness (QED) is 0.621. The number of aromatic nitrogens is 2. The second-order valence-electron chi connectivity index (χ2n) is 6.67. The number of rotatable bonds is 6. The number of anilines is 1. The number of halogens is 1. The summed E-state index contributed by atoms with van der Waals surface area (Å²) in [7, 11) is 3.10. The van der Waals surface area contributed by atoms with Gasteiger partial charge in [0, 0.05) is 22.1 Å². The summed E-state index contributed by atoms with van der Waals surface area (Å²) in [6.45, 7) is 0. The average molecular weight is 398 g/mol. The molecule has 6 nitrogen and oxygen atoms in total. The maximum Gasteiger partial charge on any atom is 0.255 e. The first-order valence-electron chi connectivity index (χ1n) is 8.98. The number of hydrogen-bond acceptors (Lipinski definition) is 4. The monoisotopic (exact) mass is 397 g/mol. The Morgan fingerprint density at radius 1 is 1.11 bits per heavy atom. The van der Waals surface area contributed by atoms with Gasteiger partial charge in [-0.15, -0.1) is 0 Å². The Kier molecular flexibility index (Phi) is 4.96. The van der Waals surface area contributed by atoms with Crippen molar-refractivity contribution in [2.45, 2.75) is 18.8 Å². The van der Waals surface area contributed by atoms with E-state index in [-0.39, 0.29) is 5.91 Å². The Morgan fingerprint density at radius 3 is 2.46 bits per heavy atom. The molecule has 28 heavy (non-hydrogen) atoms. The van der Waals surface area contributed by atoms with E-state index in [4.69, 9.17) is 21.1 Å². The number of hydrogen-bond donors (Lipinski definition) is 2. The fourth-order valence-electron chi connectivity index (χ4n) is 3.13. The lowest BCUT2D eigenvalue weighted by Crippen LogP contribution is -2.13. The van der Waals surface area contributed by atoms with E-state index in [0.29, 0.717) is 39.4 Å². The van der Waals surface area contributed by atoms with Gasteiger partial charge in [-0.1, -0.05) is 23.7 Å². The molecule has 2 N–H and O–H groups in total. The molecule has 1 aliphatic carbocycles. The number of ether oxygens (including phenoxy) is 2. The Hall–Kier alpha value is -2.99. The lowest BCUT2D eigenvalue weighted by molar-refractivity contribution is 0.102. The van der Waals surface area contributed by atoms with Crippen molar-refractivity contribution < 1.29 is 14.3 Å². The first kappa shape index (κ1) is 18.4. The van der Waals surface area contributed by atoms with Gasteiger partial charge in [-0.3, -0.25) is 9.89 Å². The number of H-pyrrole nitrogens is 1. The molecule has 0 unspecified atom stereocenters. The van der Waals surface area contributed by atoms with Gasteiger partial charge in [0.2, 0.25) is 0 Å². The number of carbonyl (C=O) groups excluding carboxylic acids is 1. The fourth-order valence-corrected chi connectivity index (χ4v) is 3.26. The van der Waals surface area contributed by atoms with Crippen molar-refractivity contribution in [3.05, 3.63) is 58.7 Å². The molecule has 1 saturated carbocycles. The molecule has 1 fully saturated rings. The molecule has 1 amide bonds. The molecule has 1 aliphatic rings. The van der Waals surface area contributed by atoms with Gasteiger partial charge in [0.25, 0.3) is 5.91 Å². The lowest BCUT2D eigenvalue weighted by Gasteiger charge is -2.11. The highest BCUT2D eigenvalue weighted by Crippen LogP contribution is 2.45. The van der Waals surface area contributed by atoms with Gasteiger partial charge >= 0.3 is 0 Å². The third kappa shape index (κ3) is 3.55. The number of nitrogens with zero attached hydrogens (tertiary/aromatic N) is 1. The summed E-state index contributed by atoms with van der Waals surface area (Å²) in [6.07, 6.45) is 2.17. The zero-order valence-electron chi connectivity index (χ0n) is 15.6. The molecule has 0 spiro atoms. The summed E-state index contributed by atoms with van der Waals surface area (Å²) in [5.41, 5.74) is 3.73. The molecule has 3 aromatic rings. The first-order chi connectivity index (χ1) is 13.6. The summed E-state index contributed by atoms with van der Waals surface area (Å²) >= 11 is 6.00. The number of carbonyl (C=O) groups is 1. The zero-order valence-corrected chi connectivity index (χ0v) is 16.3. The molecule has 7 heteroatoms. The van der Waals surface area contributed by atoms with E-state index in [1.54, 1.807) is 32.4 Å². The van der Waals surface area contributed by atoms with Crippen LogP contribution in [0.5, 0.6) is 11.5 Å². The van der Waals surface area contributed by atoms with Crippen LogP contribution >= 0.6 is 11.6 Å². The maximum absolute atomic E-state index is 12.9. The van der Waals surface area contributed by atoms with Crippen LogP contribution in [0.15, 0.2) is 42.5 Å². The number of methoxy groups -OCH3 is 2. The van der Waals surface area contributed by atoms with Crippen LogP contribution in [0.3, 0.4) is 0 Å². The Labute approximate surface area is 167 Å². The van der Waals surface area contributed by atoms with Gasteiger partial charge in [-0.25, -0.2) is 0 Å². The molecule has 2 aromatic carbocycles. The van der Waals surface area contributed by atoms with E-state index >= 15 is 0 Å². The molecule has 0 saturated heterocycles. The minimum atomic E-state index is -0.237. The molecular weight excluding hydrogens is 378 g/mol. The van der Waals surface area contributed by atoms with Crippen LogP contribution in [0.2, 0.25) is 5.02 Å². The first-order valence-corrected chi connectivity index (χ1v) is 9.36.